The first-order valence-corrected chi connectivity index (χ1v) is 9.67. The summed E-state index contributed by atoms with van der Waals surface area (Å²) in [6.07, 6.45) is 5.59. The van der Waals surface area contributed by atoms with Gasteiger partial charge in [0.2, 0.25) is 0 Å². The number of methoxy groups -OCH3 is 1. The zero-order valence-corrected chi connectivity index (χ0v) is 15.3. The van der Waals surface area contributed by atoms with Gasteiger partial charge < -0.3 is 10.1 Å². The van der Waals surface area contributed by atoms with Crippen molar-refractivity contribution < 1.29 is 4.74 Å². The average Bonchev–Trinajstić information content (AvgIpc) is 3.03. The minimum Gasteiger partial charge on any atom is -0.378 e. The molecule has 1 fully saturated rings. The lowest BCUT2D eigenvalue weighted by Gasteiger charge is -2.20. The first kappa shape index (κ1) is 17.3. The summed E-state index contributed by atoms with van der Waals surface area (Å²) >= 11 is 3.94. The second kappa shape index (κ2) is 7.95. The Balaban J connectivity index is 1.94. The summed E-state index contributed by atoms with van der Waals surface area (Å²) < 4.78 is 5.30. The van der Waals surface area contributed by atoms with E-state index in [0.29, 0.717) is 6.61 Å². The number of thiazole rings is 1. The van der Waals surface area contributed by atoms with E-state index in [1.807, 2.05) is 11.3 Å². The summed E-state index contributed by atoms with van der Waals surface area (Å²) in [7, 11) is 1.74. The maximum atomic E-state index is 5.30. The summed E-state index contributed by atoms with van der Waals surface area (Å²) in [6, 6.07) is 0. The van der Waals surface area contributed by atoms with Gasteiger partial charge in [-0.2, -0.15) is 11.8 Å². The van der Waals surface area contributed by atoms with E-state index in [2.05, 4.69) is 37.8 Å². The van der Waals surface area contributed by atoms with E-state index in [4.69, 9.17) is 9.72 Å². The van der Waals surface area contributed by atoms with Crippen LogP contribution in [-0.4, -0.2) is 22.9 Å². The first-order valence-electron chi connectivity index (χ1n) is 7.81. The van der Waals surface area contributed by atoms with E-state index in [1.54, 1.807) is 7.11 Å². The summed E-state index contributed by atoms with van der Waals surface area (Å²) in [5.74, 6) is 1.06. The van der Waals surface area contributed by atoms with Gasteiger partial charge in [0.05, 0.1) is 12.3 Å². The molecule has 1 aliphatic rings. The molecule has 1 saturated carbocycles. The molecule has 0 radical (unpaired) electrons. The van der Waals surface area contributed by atoms with Gasteiger partial charge in [-0.15, -0.1) is 11.3 Å². The van der Waals surface area contributed by atoms with Crippen LogP contribution in [0.4, 0.5) is 0 Å². The Morgan fingerprint density at radius 3 is 2.67 bits per heavy atom. The molecule has 0 amide bonds. The SMILES string of the molecule is COCc1nc(CSC2CCCC2)sc1CNC(C)(C)C. The average molecular weight is 329 g/mol. The van der Waals surface area contributed by atoms with E-state index in [-0.39, 0.29) is 5.54 Å². The minimum atomic E-state index is 0.132. The lowest BCUT2D eigenvalue weighted by Crippen LogP contribution is -2.35. The molecule has 2 rings (SSSR count). The van der Waals surface area contributed by atoms with E-state index in [1.165, 1.54) is 35.6 Å². The van der Waals surface area contributed by atoms with Gasteiger partial charge in [-0.05, 0) is 33.6 Å². The zero-order valence-electron chi connectivity index (χ0n) is 13.7. The molecule has 0 aliphatic heterocycles. The Hall–Kier alpha value is -0.100. The topological polar surface area (TPSA) is 34.1 Å². The number of nitrogens with one attached hydrogen (secondary N) is 1. The molecular weight excluding hydrogens is 300 g/mol. The quantitative estimate of drug-likeness (QED) is 0.807. The van der Waals surface area contributed by atoms with Crippen molar-refractivity contribution in [3.8, 4) is 0 Å². The predicted octanol–water partition coefficient (Wildman–Crippen LogP) is 4.35. The Kier molecular flexibility index (Phi) is 6.53. The summed E-state index contributed by atoms with van der Waals surface area (Å²) in [5, 5.41) is 5.67. The van der Waals surface area contributed by atoms with Crippen molar-refractivity contribution in [3.05, 3.63) is 15.6 Å². The summed E-state index contributed by atoms with van der Waals surface area (Å²) in [4.78, 5) is 6.12. The molecule has 1 aliphatic carbocycles. The van der Waals surface area contributed by atoms with Crippen LogP contribution in [-0.2, 0) is 23.6 Å². The van der Waals surface area contributed by atoms with Gasteiger partial charge in [-0.25, -0.2) is 4.98 Å². The molecule has 0 saturated heterocycles. The molecule has 1 aromatic heterocycles. The van der Waals surface area contributed by atoms with Gasteiger partial charge in [0.25, 0.3) is 0 Å². The Morgan fingerprint density at radius 2 is 2.05 bits per heavy atom. The lowest BCUT2D eigenvalue weighted by molar-refractivity contribution is 0.181. The van der Waals surface area contributed by atoms with E-state index in [0.717, 1.165) is 23.2 Å². The molecule has 0 bridgehead atoms. The maximum Gasteiger partial charge on any atom is 0.103 e. The zero-order chi connectivity index (χ0) is 15.3. The van der Waals surface area contributed by atoms with Crippen molar-refractivity contribution in [1.29, 1.82) is 0 Å². The molecule has 1 N–H and O–H groups in total. The fourth-order valence-corrected chi connectivity index (χ4v) is 4.83. The molecule has 0 spiro atoms. The van der Waals surface area contributed by atoms with Crippen LogP contribution in [0.5, 0.6) is 0 Å². The molecular formula is C16H28N2OS2. The van der Waals surface area contributed by atoms with Gasteiger partial charge in [0.1, 0.15) is 5.01 Å². The second-order valence-electron chi connectivity index (χ2n) is 6.73. The van der Waals surface area contributed by atoms with Crippen LogP contribution < -0.4 is 5.32 Å². The molecule has 120 valence electrons. The largest absolute Gasteiger partial charge is 0.378 e. The number of nitrogens with zero attached hydrogens (tertiary/aromatic N) is 1. The van der Waals surface area contributed by atoms with Gasteiger partial charge in [0.15, 0.2) is 0 Å². The van der Waals surface area contributed by atoms with Crippen molar-refractivity contribution in [2.75, 3.05) is 7.11 Å². The molecule has 21 heavy (non-hydrogen) atoms. The van der Waals surface area contributed by atoms with E-state index < -0.39 is 0 Å². The Labute approximate surface area is 137 Å². The highest BCUT2D eigenvalue weighted by atomic mass is 32.2. The number of thioether (sulfide) groups is 1. The van der Waals surface area contributed by atoms with Crippen molar-refractivity contribution in [1.82, 2.24) is 10.3 Å². The first-order chi connectivity index (χ1) is 9.98. The monoisotopic (exact) mass is 328 g/mol. The van der Waals surface area contributed by atoms with Crippen LogP contribution in [0.3, 0.4) is 0 Å². The second-order valence-corrected chi connectivity index (χ2v) is 9.19. The number of aromatic nitrogens is 1. The Morgan fingerprint density at radius 1 is 1.33 bits per heavy atom. The molecule has 0 unspecified atom stereocenters. The van der Waals surface area contributed by atoms with Crippen LogP contribution in [0.15, 0.2) is 0 Å². The number of rotatable bonds is 7. The third-order valence-electron chi connectivity index (χ3n) is 3.63. The number of hydrogen-bond donors (Lipinski definition) is 1. The Bertz CT molecular complexity index is 434. The van der Waals surface area contributed by atoms with E-state index in [9.17, 15) is 0 Å². The summed E-state index contributed by atoms with van der Waals surface area (Å²) in [5.41, 5.74) is 1.24. The van der Waals surface area contributed by atoms with Crippen molar-refractivity contribution in [3.63, 3.8) is 0 Å². The molecule has 0 atom stereocenters. The van der Waals surface area contributed by atoms with Crippen LogP contribution in [0, 0.1) is 0 Å². The third kappa shape index (κ3) is 5.89. The molecule has 1 heterocycles. The van der Waals surface area contributed by atoms with Crippen molar-refractivity contribution in [2.45, 2.75) is 76.1 Å². The highest BCUT2D eigenvalue weighted by Crippen LogP contribution is 2.33. The molecule has 1 aromatic rings. The van der Waals surface area contributed by atoms with Crippen molar-refractivity contribution in [2.24, 2.45) is 0 Å². The normalized spacial score (nSPS) is 16.8. The number of hydrogen-bond acceptors (Lipinski definition) is 5. The fourth-order valence-electron chi connectivity index (χ4n) is 2.48. The molecule has 3 nitrogen and oxygen atoms in total. The van der Waals surface area contributed by atoms with Gasteiger partial charge in [-0.1, -0.05) is 12.8 Å². The standard InChI is InChI=1S/C16H28N2OS2/c1-16(2,3)17-9-14-13(10-19-4)18-15(21-14)11-20-12-7-5-6-8-12/h12,17H,5-11H2,1-4H3. The molecule has 0 aromatic carbocycles. The van der Waals surface area contributed by atoms with E-state index >= 15 is 0 Å². The smallest absolute Gasteiger partial charge is 0.103 e. The van der Waals surface area contributed by atoms with Gasteiger partial charge in [0, 0.05) is 35.1 Å². The summed E-state index contributed by atoms with van der Waals surface area (Å²) in [6.45, 7) is 8.09. The van der Waals surface area contributed by atoms with Crippen LogP contribution in [0.1, 0.15) is 62.0 Å². The minimum absolute atomic E-state index is 0.132. The number of ether oxygens (including phenoxy) is 1. The van der Waals surface area contributed by atoms with Crippen LogP contribution in [0.25, 0.3) is 0 Å². The van der Waals surface area contributed by atoms with Gasteiger partial charge >= 0.3 is 0 Å². The fraction of sp³-hybridized carbons (Fsp3) is 0.812. The van der Waals surface area contributed by atoms with Crippen LogP contribution in [0.2, 0.25) is 0 Å². The van der Waals surface area contributed by atoms with Crippen LogP contribution >= 0.6 is 23.1 Å². The predicted molar refractivity (Wildman–Crippen MR) is 93.0 cm³/mol. The molecule has 5 heteroatoms. The van der Waals surface area contributed by atoms with Crippen molar-refractivity contribution >= 4 is 23.1 Å². The third-order valence-corrected chi connectivity index (χ3v) is 6.29. The maximum absolute atomic E-state index is 5.30. The lowest BCUT2D eigenvalue weighted by atomic mass is 10.1. The highest BCUT2D eigenvalue weighted by Gasteiger charge is 2.18. The highest BCUT2D eigenvalue weighted by molar-refractivity contribution is 7.99. The van der Waals surface area contributed by atoms with Gasteiger partial charge in [-0.3, -0.25) is 0 Å².